The van der Waals surface area contributed by atoms with Gasteiger partial charge in [0.05, 0.1) is 6.54 Å². The van der Waals surface area contributed by atoms with Gasteiger partial charge in [0.2, 0.25) is 0 Å². The van der Waals surface area contributed by atoms with Gasteiger partial charge < -0.3 is 5.73 Å². The minimum Gasteiger partial charge on any atom is -0.327 e. The molecule has 0 saturated carbocycles. The van der Waals surface area contributed by atoms with E-state index in [-0.39, 0.29) is 6.04 Å². The van der Waals surface area contributed by atoms with Crippen molar-refractivity contribution in [2.75, 3.05) is 19.6 Å². The maximum Gasteiger partial charge on any atom is 0.401 e. The topological polar surface area (TPSA) is 29.3 Å². The average molecular weight is 198 g/mol. The number of rotatable bonds is 5. The molecule has 0 aromatic heterocycles. The summed E-state index contributed by atoms with van der Waals surface area (Å²) in [4.78, 5) is 1.31. The molecule has 0 bridgehead atoms. The van der Waals surface area contributed by atoms with Crippen LogP contribution in [0.5, 0.6) is 0 Å². The van der Waals surface area contributed by atoms with Crippen molar-refractivity contribution in [3.8, 4) is 0 Å². The van der Waals surface area contributed by atoms with E-state index in [1.54, 1.807) is 6.92 Å². The summed E-state index contributed by atoms with van der Waals surface area (Å²) in [7, 11) is 0. The molecular weight excluding hydrogens is 181 g/mol. The fraction of sp³-hybridized carbons (Fsp3) is 1.00. The predicted octanol–water partition coefficient (Wildman–Crippen LogP) is 1.61. The maximum absolute atomic E-state index is 12.0. The summed E-state index contributed by atoms with van der Waals surface area (Å²) in [5.41, 5.74) is 5.56. The van der Waals surface area contributed by atoms with E-state index in [0.29, 0.717) is 19.5 Å². The molecule has 1 unspecified atom stereocenters. The van der Waals surface area contributed by atoms with Crippen molar-refractivity contribution in [3.05, 3.63) is 0 Å². The van der Waals surface area contributed by atoms with Crippen molar-refractivity contribution in [3.63, 3.8) is 0 Å². The number of hydrogen-bond donors (Lipinski definition) is 1. The molecule has 5 heteroatoms. The Hall–Kier alpha value is -0.290. The molecule has 0 radical (unpaired) electrons. The van der Waals surface area contributed by atoms with E-state index in [4.69, 9.17) is 5.73 Å². The second-order valence-electron chi connectivity index (χ2n) is 3.11. The van der Waals surface area contributed by atoms with E-state index >= 15 is 0 Å². The summed E-state index contributed by atoms with van der Waals surface area (Å²) in [5, 5.41) is 0. The molecule has 0 aliphatic heterocycles. The number of halogens is 3. The summed E-state index contributed by atoms with van der Waals surface area (Å²) in [6.45, 7) is 3.40. The monoisotopic (exact) mass is 198 g/mol. The molecule has 13 heavy (non-hydrogen) atoms. The van der Waals surface area contributed by atoms with Gasteiger partial charge in [-0.05, 0) is 13.0 Å². The molecule has 2 N–H and O–H groups in total. The van der Waals surface area contributed by atoms with Crippen LogP contribution in [-0.4, -0.2) is 36.8 Å². The van der Waals surface area contributed by atoms with Gasteiger partial charge in [0.25, 0.3) is 0 Å². The molecule has 0 aromatic carbocycles. The average Bonchev–Trinajstić information content (AvgIpc) is 2.00. The third-order valence-electron chi connectivity index (χ3n) is 1.87. The van der Waals surface area contributed by atoms with Crippen LogP contribution in [0.1, 0.15) is 20.3 Å². The lowest BCUT2D eigenvalue weighted by atomic mass is 10.2. The predicted molar refractivity (Wildman–Crippen MR) is 46.4 cm³/mol. The first kappa shape index (κ1) is 12.7. The zero-order valence-corrected chi connectivity index (χ0v) is 8.06. The Balaban J connectivity index is 3.89. The van der Waals surface area contributed by atoms with Crippen LogP contribution in [0.3, 0.4) is 0 Å². The van der Waals surface area contributed by atoms with E-state index in [9.17, 15) is 13.2 Å². The summed E-state index contributed by atoms with van der Waals surface area (Å²) in [6, 6.07) is -0.165. The molecule has 0 fully saturated rings. The zero-order chi connectivity index (χ0) is 10.5. The first-order valence-electron chi connectivity index (χ1n) is 4.43. The highest BCUT2D eigenvalue weighted by atomic mass is 19.4. The van der Waals surface area contributed by atoms with Crippen molar-refractivity contribution in [2.45, 2.75) is 32.5 Å². The van der Waals surface area contributed by atoms with Gasteiger partial charge in [0, 0.05) is 12.6 Å². The summed E-state index contributed by atoms with van der Waals surface area (Å²) in [6.07, 6.45) is -3.42. The summed E-state index contributed by atoms with van der Waals surface area (Å²) in [5.74, 6) is 0. The van der Waals surface area contributed by atoms with Crippen LogP contribution in [0.15, 0.2) is 0 Å². The van der Waals surface area contributed by atoms with Gasteiger partial charge in [-0.15, -0.1) is 0 Å². The highest BCUT2D eigenvalue weighted by molar-refractivity contribution is 4.68. The smallest absolute Gasteiger partial charge is 0.327 e. The van der Waals surface area contributed by atoms with Gasteiger partial charge in [0.15, 0.2) is 0 Å². The minimum atomic E-state index is -4.12. The van der Waals surface area contributed by atoms with Crippen LogP contribution < -0.4 is 5.73 Å². The van der Waals surface area contributed by atoms with Crippen molar-refractivity contribution in [2.24, 2.45) is 5.73 Å². The Morgan fingerprint density at radius 3 is 2.15 bits per heavy atom. The molecule has 80 valence electrons. The van der Waals surface area contributed by atoms with E-state index < -0.39 is 12.7 Å². The van der Waals surface area contributed by atoms with Gasteiger partial charge >= 0.3 is 6.18 Å². The first-order valence-corrected chi connectivity index (χ1v) is 4.43. The molecule has 0 aliphatic carbocycles. The van der Waals surface area contributed by atoms with Crippen molar-refractivity contribution < 1.29 is 13.2 Å². The number of alkyl halides is 3. The van der Waals surface area contributed by atoms with Crippen LogP contribution in [0, 0.1) is 0 Å². The normalized spacial score (nSPS) is 15.0. The molecule has 0 spiro atoms. The fourth-order valence-electron chi connectivity index (χ4n) is 1.02. The van der Waals surface area contributed by atoms with E-state index in [0.717, 1.165) is 0 Å². The zero-order valence-electron chi connectivity index (χ0n) is 8.06. The Labute approximate surface area is 76.9 Å². The molecule has 2 nitrogen and oxygen atoms in total. The maximum atomic E-state index is 12.0. The summed E-state index contributed by atoms with van der Waals surface area (Å²) >= 11 is 0. The number of likely N-dealkylation sites (N-methyl/N-ethyl adjacent to an activating group) is 1. The summed E-state index contributed by atoms with van der Waals surface area (Å²) < 4.78 is 35.9. The third kappa shape index (κ3) is 6.83. The van der Waals surface area contributed by atoms with E-state index in [2.05, 4.69) is 0 Å². The number of nitrogens with two attached hydrogens (primary N) is 1. The van der Waals surface area contributed by atoms with Crippen LogP contribution in [0.25, 0.3) is 0 Å². The largest absolute Gasteiger partial charge is 0.401 e. The second-order valence-corrected chi connectivity index (χ2v) is 3.11. The second kappa shape index (κ2) is 5.44. The first-order chi connectivity index (χ1) is 5.89. The highest BCUT2D eigenvalue weighted by Gasteiger charge is 2.30. The molecule has 1 atom stereocenters. The molecule has 0 heterocycles. The molecule has 0 amide bonds. The van der Waals surface area contributed by atoms with Crippen LogP contribution >= 0.6 is 0 Å². The van der Waals surface area contributed by atoms with Gasteiger partial charge in [0.1, 0.15) is 0 Å². The van der Waals surface area contributed by atoms with Gasteiger partial charge in [-0.25, -0.2) is 0 Å². The van der Waals surface area contributed by atoms with Crippen molar-refractivity contribution >= 4 is 0 Å². The SMILES string of the molecule is CCC(N)CN(CC)CC(F)(F)F. The standard InChI is InChI=1S/C8H17F3N2/c1-3-7(12)5-13(4-2)6-8(9,10)11/h7H,3-6,12H2,1-2H3. The fourth-order valence-corrected chi connectivity index (χ4v) is 1.02. The van der Waals surface area contributed by atoms with Crippen molar-refractivity contribution in [1.29, 1.82) is 0 Å². The Morgan fingerprint density at radius 1 is 1.31 bits per heavy atom. The lowest BCUT2D eigenvalue weighted by molar-refractivity contribution is -0.145. The highest BCUT2D eigenvalue weighted by Crippen LogP contribution is 2.16. The van der Waals surface area contributed by atoms with E-state index in [1.807, 2.05) is 6.92 Å². The lowest BCUT2D eigenvalue weighted by Crippen LogP contribution is -2.41. The minimum absolute atomic E-state index is 0.165. The van der Waals surface area contributed by atoms with Crippen LogP contribution in [-0.2, 0) is 0 Å². The van der Waals surface area contributed by atoms with Gasteiger partial charge in [-0.1, -0.05) is 13.8 Å². The molecule has 0 saturated heterocycles. The van der Waals surface area contributed by atoms with Gasteiger partial charge in [-0.2, -0.15) is 13.2 Å². The molecule has 0 aliphatic rings. The Bertz CT molecular complexity index is 136. The van der Waals surface area contributed by atoms with Crippen LogP contribution in [0.4, 0.5) is 13.2 Å². The Kier molecular flexibility index (Phi) is 5.32. The molecular formula is C8H17F3N2. The van der Waals surface area contributed by atoms with Gasteiger partial charge in [-0.3, -0.25) is 4.90 Å². The quantitative estimate of drug-likeness (QED) is 0.727. The molecule has 0 rings (SSSR count). The lowest BCUT2D eigenvalue weighted by Gasteiger charge is -2.24. The van der Waals surface area contributed by atoms with Crippen LogP contribution in [0.2, 0.25) is 0 Å². The van der Waals surface area contributed by atoms with Crippen molar-refractivity contribution in [1.82, 2.24) is 4.90 Å². The third-order valence-corrected chi connectivity index (χ3v) is 1.87. The molecule has 0 aromatic rings. The number of nitrogens with zero attached hydrogens (tertiary/aromatic N) is 1. The van der Waals surface area contributed by atoms with E-state index in [1.165, 1.54) is 4.90 Å². The Morgan fingerprint density at radius 2 is 1.85 bits per heavy atom. The number of hydrogen-bond acceptors (Lipinski definition) is 2.